The molecule has 1 N–H and O–H groups in total. The van der Waals surface area contributed by atoms with Crippen LogP contribution in [0.15, 0.2) is 0 Å². The predicted octanol–water partition coefficient (Wildman–Crippen LogP) is 7.09. The Kier molecular flexibility index (Phi) is 4.85. The number of ether oxygens (including phenoxy) is 1. The van der Waals surface area contributed by atoms with Crippen LogP contribution in [0, 0.1) is 39.4 Å². The van der Waals surface area contributed by atoms with Gasteiger partial charge in [0, 0.05) is 11.5 Å². The van der Waals surface area contributed by atoms with E-state index in [1.807, 2.05) is 0 Å². The van der Waals surface area contributed by atoms with Crippen molar-refractivity contribution in [2.45, 2.75) is 124 Å². The lowest BCUT2D eigenvalue weighted by molar-refractivity contribution is -0.228. The maximum Gasteiger partial charge on any atom is 0.407 e. The molecule has 170 valence electrons. The van der Waals surface area contributed by atoms with Crippen molar-refractivity contribution in [2.24, 2.45) is 39.4 Å². The molecule has 5 fully saturated rings. The van der Waals surface area contributed by atoms with Gasteiger partial charge in [-0.05, 0) is 98.2 Å². The summed E-state index contributed by atoms with van der Waals surface area (Å²) >= 11 is 0. The first kappa shape index (κ1) is 21.1. The van der Waals surface area contributed by atoms with E-state index in [2.05, 4.69) is 39.9 Å². The Hall–Kier alpha value is -0.730. The summed E-state index contributed by atoms with van der Waals surface area (Å²) in [5.41, 5.74) is 1.32. The van der Waals surface area contributed by atoms with Gasteiger partial charge in [0.1, 0.15) is 6.10 Å². The molecule has 0 radical (unpaired) electrons. The van der Waals surface area contributed by atoms with Crippen LogP contribution in [0.2, 0.25) is 0 Å². The molecule has 0 spiro atoms. The first-order valence-electron chi connectivity index (χ1n) is 13.1. The third-order valence-corrected chi connectivity index (χ3v) is 12.0. The van der Waals surface area contributed by atoms with Crippen LogP contribution in [0.4, 0.5) is 4.79 Å². The van der Waals surface area contributed by atoms with Crippen LogP contribution in [0.3, 0.4) is 0 Å². The van der Waals surface area contributed by atoms with Gasteiger partial charge in [-0.1, -0.05) is 47.5 Å². The zero-order chi connectivity index (χ0) is 21.4. The molecule has 5 aliphatic carbocycles. The van der Waals surface area contributed by atoms with Crippen LogP contribution in [-0.4, -0.2) is 18.2 Å². The van der Waals surface area contributed by atoms with Crippen LogP contribution in [-0.2, 0) is 4.74 Å². The number of alkyl carbamates (subject to hydrolysis) is 1. The number of carbonyl (C=O) groups is 1. The van der Waals surface area contributed by atoms with Crippen molar-refractivity contribution in [2.75, 3.05) is 0 Å². The van der Waals surface area contributed by atoms with Crippen LogP contribution >= 0.6 is 0 Å². The maximum atomic E-state index is 12.5. The van der Waals surface area contributed by atoms with E-state index in [0.29, 0.717) is 16.9 Å². The Bertz CT molecular complexity index is 699. The minimum absolute atomic E-state index is 0.0302. The molecule has 3 nitrogen and oxygen atoms in total. The SMILES string of the molecule is CC12CC[C@]3(C)C(CCC4CCCC[C@]43C)C1CC[C@@H](OC(=O)NC1CC1)C2(C)C. The van der Waals surface area contributed by atoms with Crippen LogP contribution in [0.25, 0.3) is 0 Å². The highest BCUT2D eigenvalue weighted by Gasteiger charge is 2.66. The second-order valence-corrected chi connectivity index (χ2v) is 13.1. The molecule has 0 bridgehead atoms. The normalized spacial score (nSPS) is 49.9. The van der Waals surface area contributed by atoms with Crippen molar-refractivity contribution >= 4 is 6.09 Å². The van der Waals surface area contributed by atoms with Gasteiger partial charge in [0.15, 0.2) is 0 Å². The number of fused-ring (bicyclic) bond motifs is 5. The van der Waals surface area contributed by atoms with Gasteiger partial charge >= 0.3 is 6.09 Å². The van der Waals surface area contributed by atoms with Gasteiger partial charge in [0.25, 0.3) is 0 Å². The van der Waals surface area contributed by atoms with Crippen molar-refractivity contribution in [3.8, 4) is 0 Å². The fourth-order valence-corrected chi connectivity index (χ4v) is 9.15. The molecule has 5 aliphatic rings. The molecule has 4 unspecified atom stereocenters. The van der Waals surface area contributed by atoms with Crippen LogP contribution < -0.4 is 5.32 Å². The van der Waals surface area contributed by atoms with Gasteiger partial charge in [-0.3, -0.25) is 0 Å². The highest BCUT2D eigenvalue weighted by molar-refractivity contribution is 5.68. The van der Waals surface area contributed by atoms with E-state index in [9.17, 15) is 4.79 Å². The fraction of sp³-hybridized carbons (Fsp3) is 0.963. The monoisotopic (exact) mass is 415 g/mol. The van der Waals surface area contributed by atoms with Gasteiger partial charge in [-0.2, -0.15) is 0 Å². The number of hydrogen-bond acceptors (Lipinski definition) is 2. The molecule has 30 heavy (non-hydrogen) atoms. The third kappa shape index (κ3) is 2.85. The molecule has 0 aliphatic heterocycles. The number of hydrogen-bond donors (Lipinski definition) is 1. The van der Waals surface area contributed by atoms with E-state index >= 15 is 0 Å². The van der Waals surface area contributed by atoms with Crippen molar-refractivity contribution in [3.05, 3.63) is 0 Å². The second-order valence-electron chi connectivity index (χ2n) is 13.1. The summed E-state index contributed by atoms with van der Waals surface area (Å²) in [4.78, 5) is 12.5. The van der Waals surface area contributed by atoms with Crippen molar-refractivity contribution < 1.29 is 9.53 Å². The van der Waals surface area contributed by atoms with Crippen LogP contribution in [0.1, 0.15) is 112 Å². The Balaban J connectivity index is 1.39. The highest BCUT2D eigenvalue weighted by Crippen LogP contribution is 2.73. The molecule has 0 aromatic carbocycles. The summed E-state index contributed by atoms with van der Waals surface area (Å²) in [5, 5.41) is 3.05. The lowest BCUT2D eigenvalue weighted by Gasteiger charge is -2.70. The summed E-state index contributed by atoms with van der Waals surface area (Å²) in [5.74, 6) is 2.57. The van der Waals surface area contributed by atoms with Crippen molar-refractivity contribution in [1.82, 2.24) is 5.32 Å². The molecule has 0 aromatic heterocycles. The van der Waals surface area contributed by atoms with Gasteiger partial charge in [-0.25, -0.2) is 4.79 Å². The maximum absolute atomic E-state index is 12.5. The zero-order valence-electron chi connectivity index (χ0n) is 20.2. The molecule has 5 saturated carbocycles. The number of carbonyl (C=O) groups excluding carboxylic acids is 1. The lowest BCUT2D eigenvalue weighted by atomic mass is 9.35. The second kappa shape index (κ2) is 6.88. The van der Waals surface area contributed by atoms with Gasteiger partial charge in [0.05, 0.1) is 0 Å². The quantitative estimate of drug-likeness (QED) is 0.522. The topological polar surface area (TPSA) is 38.3 Å². The molecule has 0 heterocycles. The van der Waals surface area contributed by atoms with Gasteiger partial charge in [0.2, 0.25) is 0 Å². The molecular weight excluding hydrogens is 370 g/mol. The predicted molar refractivity (Wildman–Crippen MR) is 121 cm³/mol. The van der Waals surface area contributed by atoms with Gasteiger partial charge < -0.3 is 10.1 Å². The Morgan fingerprint density at radius 3 is 2.13 bits per heavy atom. The summed E-state index contributed by atoms with van der Waals surface area (Å²) < 4.78 is 6.09. The molecule has 1 amide bonds. The first-order chi connectivity index (χ1) is 14.1. The fourth-order valence-electron chi connectivity index (χ4n) is 9.15. The van der Waals surface area contributed by atoms with E-state index in [0.717, 1.165) is 37.0 Å². The molecule has 7 atom stereocenters. The zero-order valence-corrected chi connectivity index (χ0v) is 20.2. The van der Waals surface area contributed by atoms with Crippen molar-refractivity contribution in [3.63, 3.8) is 0 Å². The Morgan fingerprint density at radius 1 is 0.733 bits per heavy atom. The number of nitrogens with one attached hydrogen (secondary N) is 1. The van der Waals surface area contributed by atoms with Crippen molar-refractivity contribution in [1.29, 1.82) is 0 Å². The summed E-state index contributed by atoms with van der Waals surface area (Å²) in [7, 11) is 0. The van der Waals surface area contributed by atoms with E-state index in [-0.39, 0.29) is 23.0 Å². The number of amides is 1. The summed E-state index contributed by atoms with van der Waals surface area (Å²) in [6.07, 6.45) is 15.7. The molecule has 0 saturated heterocycles. The Morgan fingerprint density at radius 2 is 1.40 bits per heavy atom. The van der Waals surface area contributed by atoms with E-state index < -0.39 is 0 Å². The minimum atomic E-state index is -0.173. The van der Waals surface area contributed by atoms with Gasteiger partial charge in [-0.15, -0.1) is 0 Å². The van der Waals surface area contributed by atoms with E-state index in [1.165, 1.54) is 57.8 Å². The molecule has 0 aromatic rings. The largest absolute Gasteiger partial charge is 0.446 e. The standard InChI is InChI=1S/C27H45NO2/c1-24(2)22(30-23(29)28-19-10-11-19)14-13-20-21-12-9-18-8-6-7-15-25(18,3)27(21,5)17-16-26(20,24)4/h18-22H,6-17H2,1-5H3,(H,28,29)/t18?,20?,21?,22-,25-,26?,27-/m1/s1. The molecular formula is C27H45NO2. The molecule has 5 rings (SSSR count). The molecule has 3 heteroatoms. The average Bonchev–Trinajstić information content (AvgIpc) is 3.50. The van der Waals surface area contributed by atoms with Crippen LogP contribution in [0.5, 0.6) is 0 Å². The minimum Gasteiger partial charge on any atom is -0.446 e. The summed E-state index contributed by atoms with van der Waals surface area (Å²) in [6.45, 7) is 12.7. The average molecular weight is 416 g/mol. The smallest absolute Gasteiger partial charge is 0.407 e. The van der Waals surface area contributed by atoms with E-state index in [1.54, 1.807) is 0 Å². The Labute approximate surface area is 184 Å². The third-order valence-electron chi connectivity index (χ3n) is 12.0. The first-order valence-corrected chi connectivity index (χ1v) is 13.1. The highest BCUT2D eigenvalue weighted by atomic mass is 16.6. The summed E-state index contributed by atoms with van der Waals surface area (Å²) in [6, 6.07) is 0.370. The number of rotatable bonds is 2. The van der Waals surface area contributed by atoms with E-state index in [4.69, 9.17) is 4.74 Å². The lowest BCUT2D eigenvalue weighted by Crippen LogP contribution is -2.64.